The molecule has 0 unspecified atom stereocenters. The van der Waals surface area contributed by atoms with Gasteiger partial charge in [-0.1, -0.05) is 19.9 Å². The predicted octanol–water partition coefficient (Wildman–Crippen LogP) is 1.38. The average Bonchev–Trinajstić information content (AvgIpc) is 2.22. The molecule has 0 aliphatic carbocycles. The Bertz CT molecular complexity index is 417. The highest BCUT2D eigenvalue weighted by atomic mass is 32.2. The minimum absolute atomic E-state index is 0.122. The predicted molar refractivity (Wildman–Crippen MR) is 72.0 cm³/mol. The van der Waals surface area contributed by atoms with E-state index in [1.165, 1.54) is 6.08 Å². The van der Waals surface area contributed by atoms with E-state index in [0.717, 1.165) is 37.6 Å². The maximum atomic E-state index is 11.8. The number of urea groups is 1. The number of carbonyl (C=O) groups is 1. The fourth-order valence-electron chi connectivity index (χ4n) is 1.80. The van der Waals surface area contributed by atoms with Crippen LogP contribution in [0.1, 0.15) is 26.7 Å². The zero-order valence-electron chi connectivity index (χ0n) is 11.3. The van der Waals surface area contributed by atoms with Crippen molar-refractivity contribution in [3.05, 3.63) is 11.5 Å². The molecule has 0 spiro atoms. The molecule has 0 bridgehead atoms. The quantitative estimate of drug-likeness (QED) is 0.845. The average molecular weight is 274 g/mol. The number of nitrogens with one attached hydrogen (secondary N) is 1. The highest BCUT2D eigenvalue weighted by Gasteiger charge is 2.27. The van der Waals surface area contributed by atoms with Crippen LogP contribution in [0.25, 0.3) is 0 Å². The number of likely N-dealkylation sites (tertiary alicyclic amines) is 1. The number of rotatable bonds is 3. The minimum atomic E-state index is -3.11. The molecule has 104 valence electrons. The molecule has 0 aromatic rings. The molecule has 0 saturated carbocycles. The van der Waals surface area contributed by atoms with Crippen LogP contribution in [-0.2, 0) is 9.84 Å². The molecule has 1 heterocycles. The van der Waals surface area contributed by atoms with Crippen molar-refractivity contribution in [1.29, 1.82) is 0 Å². The molecule has 2 amide bonds. The standard InChI is InChI=1S/C12H22N2O3S/c1-12(2)5-8-14(9-6-12)11(15)13-7-4-10-18(3,16)17/h4,10H,5-9H2,1-3H3,(H,13,15)/b10-4+. The van der Waals surface area contributed by atoms with Gasteiger partial charge < -0.3 is 10.2 Å². The Morgan fingerprint density at radius 2 is 1.89 bits per heavy atom. The van der Waals surface area contributed by atoms with E-state index in [9.17, 15) is 13.2 Å². The molecule has 1 saturated heterocycles. The summed E-state index contributed by atoms with van der Waals surface area (Å²) >= 11 is 0. The third-order valence-electron chi connectivity index (χ3n) is 3.12. The van der Waals surface area contributed by atoms with Gasteiger partial charge in [0.25, 0.3) is 0 Å². The monoisotopic (exact) mass is 274 g/mol. The van der Waals surface area contributed by atoms with Crippen LogP contribution in [-0.4, -0.2) is 45.2 Å². The van der Waals surface area contributed by atoms with Crippen molar-refractivity contribution in [3.63, 3.8) is 0 Å². The molecule has 1 N–H and O–H groups in total. The number of piperidine rings is 1. The van der Waals surface area contributed by atoms with Gasteiger partial charge in [0.1, 0.15) is 0 Å². The van der Waals surface area contributed by atoms with Crippen LogP contribution in [0, 0.1) is 5.41 Å². The second-order valence-corrected chi connectivity index (χ2v) is 7.47. The second kappa shape index (κ2) is 5.73. The third kappa shape index (κ3) is 5.53. The number of carbonyl (C=O) groups excluding carboxylic acids is 1. The van der Waals surface area contributed by atoms with Crippen LogP contribution in [0.3, 0.4) is 0 Å². The van der Waals surface area contributed by atoms with Crippen LogP contribution in [0.5, 0.6) is 0 Å². The van der Waals surface area contributed by atoms with Gasteiger partial charge in [0.15, 0.2) is 9.84 Å². The highest BCUT2D eigenvalue weighted by Crippen LogP contribution is 2.29. The first-order valence-corrected chi connectivity index (χ1v) is 8.04. The fourth-order valence-corrected chi connectivity index (χ4v) is 2.24. The van der Waals surface area contributed by atoms with Crippen molar-refractivity contribution < 1.29 is 13.2 Å². The first kappa shape index (κ1) is 15.0. The Balaban J connectivity index is 2.32. The van der Waals surface area contributed by atoms with Crippen molar-refractivity contribution in [2.24, 2.45) is 5.41 Å². The summed E-state index contributed by atoms with van der Waals surface area (Å²) in [5.74, 6) is 0. The van der Waals surface area contributed by atoms with Crippen molar-refractivity contribution >= 4 is 15.9 Å². The maximum Gasteiger partial charge on any atom is 0.317 e. The van der Waals surface area contributed by atoms with E-state index >= 15 is 0 Å². The Morgan fingerprint density at radius 1 is 1.33 bits per heavy atom. The van der Waals surface area contributed by atoms with Gasteiger partial charge in [-0.15, -0.1) is 0 Å². The summed E-state index contributed by atoms with van der Waals surface area (Å²) in [6.45, 7) is 6.17. The first-order valence-electron chi connectivity index (χ1n) is 6.09. The van der Waals surface area contributed by atoms with E-state index in [1.807, 2.05) is 0 Å². The molecule has 0 radical (unpaired) electrons. The minimum Gasteiger partial charge on any atom is -0.334 e. The summed E-state index contributed by atoms with van der Waals surface area (Å²) in [4.78, 5) is 13.5. The van der Waals surface area contributed by atoms with Crippen molar-refractivity contribution in [3.8, 4) is 0 Å². The molecule has 1 fully saturated rings. The Kier molecular flexibility index (Phi) is 4.78. The molecule has 1 rings (SSSR count). The van der Waals surface area contributed by atoms with E-state index < -0.39 is 9.84 Å². The lowest BCUT2D eigenvalue weighted by Crippen LogP contribution is -2.46. The van der Waals surface area contributed by atoms with Gasteiger partial charge in [0, 0.05) is 31.3 Å². The number of amides is 2. The summed E-state index contributed by atoms with van der Waals surface area (Å²) in [6, 6.07) is -0.122. The van der Waals surface area contributed by atoms with Gasteiger partial charge in [0.2, 0.25) is 0 Å². The Labute approximate surface area is 109 Å². The Hall–Kier alpha value is -1.04. The highest BCUT2D eigenvalue weighted by molar-refractivity contribution is 7.93. The lowest BCUT2D eigenvalue weighted by Gasteiger charge is -2.36. The molecular formula is C12H22N2O3S. The normalized spacial score (nSPS) is 20.1. The van der Waals surface area contributed by atoms with Crippen LogP contribution in [0.2, 0.25) is 0 Å². The van der Waals surface area contributed by atoms with Gasteiger partial charge >= 0.3 is 6.03 Å². The molecular weight excluding hydrogens is 252 g/mol. The van der Waals surface area contributed by atoms with E-state index in [2.05, 4.69) is 19.2 Å². The van der Waals surface area contributed by atoms with E-state index in [4.69, 9.17) is 0 Å². The van der Waals surface area contributed by atoms with Gasteiger partial charge in [-0.05, 0) is 18.3 Å². The van der Waals surface area contributed by atoms with E-state index in [1.54, 1.807) is 4.90 Å². The summed E-state index contributed by atoms with van der Waals surface area (Å²) in [5.41, 5.74) is 0.312. The molecule has 5 nitrogen and oxygen atoms in total. The van der Waals surface area contributed by atoms with Gasteiger partial charge in [0.05, 0.1) is 0 Å². The summed E-state index contributed by atoms with van der Waals surface area (Å²) in [5, 5.41) is 3.79. The topological polar surface area (TPSA) is 66.5 Å². The van der Waals surface area contributed by atoms with E-state index in [-0.39, 0.29) is 12.6 Å². The molecule has 1 aliphatic rings. The lowest BCUT2D eigenvalue weighted by molar-refractivity contribution is 0.141. The number of sulfone groups is 1. The largest absolute Gasteiger partial charge is 0.334 e. The zero-order chi connectivity index (χ0) is 13.8. The number of hydrogen-bond donors (Lipinski definition) is 1. The SMILES string of the molecule is CC1(C)CCN(C(=O)NC/C=C/S(C)(=O)=O)CC1. The summed E-state index contributed by atoms with van der Waals surface area (Å²) < 4.78 is 21.7. The van der Waals surface area contributed by atoms with Gasteiger partial charge in [-0.3, -0.25) is 0 Å². The smallest absolute Gasteiger partial charge is 0.317 e. The van der Waals surface area contributed by atoms with Crippen molar-refractivity contribution in [1.82, 2.24) is 10.2 Å². The molecule has 0 atom stereocenters. The summed E-state index contributed by atoms with van der Waals surface area (Å²) in [6.07, 6.45) is 4.57. The Morgan fingerprint density at radius 3 is 2.39 bits per heavy atom. The maximum absolute atomic E-state index is 11.8. The number of hydrogen-bond acceptors (Lipinski definition) is 3. The second-order valence-electron chi connectivity index (χ2n) is 5.54. The molecule has 6 heteroatoms. The van der Waals surface area contributed by atoms with Gasteiger partial charge in [-0.25, -0.2) is 13.2 Å². The first-order chi connectivity index (χ1) is 8.20. The zero-order valence-corrected chi connectivity index (χ0v) is 12.1. The summed E-state index contributed by atoms with van der Waals surface area (Å²) in [7, 11) is -3.11. The number of nitrogens with zero attached hydrogens (tertiary/aromatic N) is 1. The van der Waals surface area contributed by atoms with Crippen LogP contribution < -0.4 is 5.32 Å². The van der Waals surface area contributed by atoms with Crippen LogP contribution in [0.15, 0.2) is 11.5 Å². The van der Waals surface area contributed by atoms with Crippen LogP contribution in [0.4, 0.5) is 4.79 Å². The molecule has 1 aliphatic heterocycles. The lowest BCUT2D eigenvalue weighted by atomic mass is 9.83. The molecule has 18 heavy (non-hydrogen) atoms. The third-order valence-corrected chi connectivity index (χ3v) is 3.81. The molecule has 0 aromatic carbocycles. The fraction of sp³-hybridized carbons (Fsp3) is 0.750. The van der Waals surface area contributed by atoms with Crippen molar-refractivity contribution in [2.75, 3.05) is 25.9 Å². The van der Waals surface area contributed by atoms with Crippen molar-refractivity contribution in [2.45, 2.75) is 26.7 Å². The molecule has 0 aromatic heterocycles. The van der Waals surface area contributed by atoms with Gasteiger partial charge in [-0.2, -0.15) is 0 Å². The van der Waals surface area contributed by atoms with Crippen LogP contribution >= 0.6 is 0 Å². The van der Waals surface area contributed by atoms with E-state index in [0.29, 0.717) is 5.41 Å².